The van der Waals surface area contributed by atoms with Crippen LogP contribution in [0.25, 0.3) is 0 Å². The monoisotopic (exact) mass is 261 g/mol. The van der Waals surface area contributed by atoms with Gasteiger partial charge in [-0.2, -0.15) is 0 Å². The lowest BCUT2D eigenvalue weighted by Crippen LogP contribution is -2.09. The molecule has 18 heavy (non-hydrogen) atoms. The van der Waals surface area contributed by atoms with Crippen molar-refractivity contribution in [3.63, 3.8) is 0 Å². The molecule has 0 bridgehead atoms. The highest BCUT2D eigenvalue weighted by molar-refractivity contribution is 6.30. The van der Waals surface area contributed by atoms with Crippen molar-refractivity contribution < 1.29 is 4.74 Å². The van der Waals surface area contributed by atoms with Gasteiger partial charge in [0.15, 0.2) is 0 Å². The van der Waals surface area contributed by atoms with Crippen molar-refractivity contribution in [3.8, 4) is 5.75 Å². The first kappa shape index (κ1) is 12.9. The fraction of sp³-hybridized carbons (Fsp3) is 0.200. The molecule has 1 N–H and O–H groups in total. The first-order chi connectivity index (χ1) is 8.79. The average Bonchev–Trinajstić information content (AvgIpc) is 2.38. The summed E-state index contributed by atoms with van der Waals surface area (Å²) in [6.45, 7) is 1.40. The minimum absolute atomic E-state index is 0.554. The van der Waals surface area contributed by atoms with Gasteiger partial charge in [-0.25, -0.2) is 0 Å². The maximum absolute atomic E-state index is 5.92. The van der Waals surface area contributed by atoms with Gasteiger partial charge in [0.1, 0.15) is 12.4 Å². The van der Waals surface area contributed by atoms with Crippen LogP contribution in [0.2, 0.25) is 5.02 Å². The predicted octanol–water partition coefficient (Wildman–Crippen LogP) is 3.64. The molecule has 0 aromatic heterocycles. The Hall–Kier alpha value is -1.51. The van der Waals surface area contributed by atoms with Crippen LogP contribution in [0.3, 0.4) is 0 Å². The van der Waals surface area contributed by atoms with Crippen molar-refractivity contribution in [2.45, 2.75) is 13.2 Å². The molecule has 0 unspecified atom stereocenters. The number of nitrogens with one attached hydrogen (secondary N) is 1. The summed E-state index contributed by atoms with van der Waals surface area (Å²) >= 11 is 5.92. The second kappa shape index (κ2) is 6.43. The molecule has 0 aliphatic rings. The summed E-state index contributed by atoms with van der Waals surface area (Å²) in [5.74, 6) is 0.793. The molecule has 2 rings (SSSR count). The van der Waals surface area contributed by atoms with Crippen LogP contribution in [-0.2, 0) is 13.2 Å². The SMILES string of the molecule is CNCc1ccccc1COc1cccc(Cl)c1. The third-order valence-electron chi connectivity index (χ3n) is 2.68. The van der Waals surface area contributed by atoms with E-state index in [1.807, 2.05) is 43.4 Å². The molecule has 0 spiro atoms. The minimum Gasteiger partial charge on any atom is -0.489 e. The number of ether oxygens (including phenoxy) is 1. The van der Waals surface area contributed by atoms with Crippen molar-refractivity contribution in [1.29, 1.82) is 0 Å². The number of hydrogen-bond acceptors (Lipinski definition) is 2. The van der Waals surface area contributed by atoms with Crippen molar-refractivity contribution in [3.05, 3.63) is 64.7 Å². The normalized spacial score (nSPS) is 10.3. The summed E-state index contributed by atoms with van der Waals surface area (Å²) in [7, 11) is 1.94. The van der Waals surface area contributed by atoms with Crippen molar-refractivity contribution >= 4 is 11.6 Å². The fourth-order valence-electron chi connectivity index (χ4n) is 1.78. The highest BCUT2D eigenvalue weighted by Gasteiger charge is 2.02. The van der Waals surface area contributed by atoms with Crippen LogP contribution in [0.1, 0.15) is 11.1 Å². The maximum atomic E-state index is 5.92. The summed E-state index contributed by atoms with van der Waals surface area (Å²) in [4.78, 5) is 0. The molecule has 2 aromatic rings. The van der Waals surface area contributed by atoms with E-state index in [2.05, 4.69) is 17.4 Å². The van der Waals surface area contributed by atoms with Crippen molar-refractivity contribution in [2.75, 3.05) is 7.05 Å². The molecule has 0 heterocycles. The van der Waals surface area contributed by atoms with E-state index in [0.29, 0.717) is 11.6 Å². The van der Waals surface area contributed by atoms with E-state index in [9.17, 15) is 0 Å². The summed E-state index contributed by atoms with van der Waals surface area (Å²) in [5, 5.41) is 3.85. The van der Waals surface area contributed by atoms with Gasteiger partial charge < -0.3 is 10.1 Å². The largest absolute Gasteiger partial charge is 0.489 e. The van der Waals surface area contributed by atoms with Crippen LogP contribution in [0, 0.1) is 0 Å². The molecule has 0 amide bonds. The molecule has 0 saturated carbocycles. The first-order valence-electron chi connectivity index (χ1n) is 5.89. The maximum Gasteiger partial charge on any atom is 0.121 e. The predicted molar refractivity (Wildman–Crippen MR) is 75.0 cm³/mol. The Morgan fingerprint density at radius 2 is 1.83 bits per heavy atom. The summed E-state index contributed by atoms with van der Waals surface area (Å²) in [6.07, 6.45) is 0. The van der Waals surface area contributed by atoms with Gasteiger partial charge >= 0.3 is 0 Å². The molecule has 0 saturated heterocycles. The zero-order valence-electron chi connectivity index (χ0n) is 10.3. The lowest BCUT2D eigenvalue weighted by Gasteiger charge is -2.11. The topological polar surface area (TPSA) is 21.3 Å². The molecule has 0 radical (unpaired) electrons. The third-order valence-corrected chi connectivity index (χ3v) is 2.91. The van der Waals surface area contributed by atoms with E-state index < -0.39 is 0 Å². The van der Waals surface area contributed by atoms with E-state index in [0.717, 1.165) is 12.3 Å². The van der Waals surface area contributed by atoms with Crippen LogP contribution in [0.15, 0.2) is 48.5 Å². The molecule has 94 valence electrons. The standard InChI is InChI=1S/C15H16ClNO/c1-17-10-12-5-2-3-6-13(12)11-18-15-8-4-7-14(16)9-15/h2-9,17H,10-11H2,1H3. The average molecular weight is 262 g/mol. The van der Waals surface area contributed by atoms with Crippen molar-refractivity contribution in [1.82, 2.24) is 5.32 Å². The number of rotatable bonds is 5. The molecular weight excluding hydrogens is 246 g/mol. The van der Waals surface area contributed by atoms with Gasteiger partial charge in [0.25, 0.3) is 0 Å². The fourth-order valence-corrected chi connectivity index (χ4v) is 1.96. The molecule has 2 nitrogen and oxygen atoms in total. The Balaban J connectivity index is 2.06. The highest BCUT2D eigenvalue weighted by Crippen LogP contribution is 2.19. The van der Waals surface area contributed by atoms with Crippen LogP contribution < -0.4 is 10.1 Å². The first-order valence-corrected chi connectivity index (χ1v) is 6.27. The Kier molecular flexibility index (Phi) is 4.62. The van der Waals surface area contributed by atoms with E-state index in [-0.39, 0.29) is 0 Å². The Bertz CT molecular complexity index is 513. The second-order valence-corrected chi connectivity index (χ2v) is 4.48. The molecule has 0 fully saturated rings. The van der Waals surface area contributed by atoms with Crippen LogP contribution in [-0.4, -0.2) is 7.05 Å². The Labute approximate surface area is 113 Å². The van der Waals surface area contributed by atoms with Gasteiger partial charge in [0.05, 0.1) is 0 Å². The van der Waals surface area contributed by atoms with E-state index >= 15 is 0 Å². The smallest absolute Gasteiger partial charge is 0.121 e. The van der Waals surface area contributed by atoms with E-state index in [1.165, 1.54) is 11.1 Å². The number of halogens is 1. The second-order valence-electron chi connectivity index (χ2n) is 4.05. The Morgan fingerprint density at radius 1 is 1.06 bits per heavy atom. The molecule has 0 aliphatic heterocycles. The van der Waals surface area contributed by atoms with Crippen LogP contribution in [0.4, 0.5) is 0 Å². The quantitative estimate of drug-likeness (QED) is 0.887. The summed E-state index contributed by atoms with van der Waals surface area (Å²) < 4.78 is 5.75. The molecule has 3 heteroatoms. The van der Waals surface area contributed by atoms with Gasteiger partial charge in [0, 0.05) is 11.6 Å². The van der Waals surface area contributed by atoms with E-state index in [1.54, 1.807) is 0 Å². The molecule has 0 atom stereocenters. The van der Waals surface area contributed by atoms with Crippen LogP contribution >= 0.6 is 11.6 Å². The molecular formula is C15H16ClNO. The van der Waals surface area contributed by atoms with Gasteiger partial charge in [0.2, 0.25) is 0 Å². The van der Waals surface area contributed by atoms with Gasteiger partial charge in [-0.05, 0) is 36.4 Å². The van der Waals surface area contributed by atoms with Gasteiger partial charge in [-0.3, -0.25) is 0 Å². The van der Waals surface area contributed by atoms with Crippen molar-refractivity contribution in [2.24, 2.45) is 0 Å². The number of hydrogen-bond donors (Lipinski definition) is 1. The molecule has 0 aliphatic carbocycles. The zero-order chi connectivity index (χ0) is 12.8. The van der Waals surface area contributed by atoms with Gasteiger partial charge in [-0.1, -0.05) is 41.9 Å². The highest BCUT2D eigenvalue weighted by atomic mass is 35.5. The Morgan fingerprint density at radius 3 is 2.56 bits per heavy atom. The third kappa shape index (κ3) is 3.49. The van der Waals surface area contributed by atoms with Gasteiger partial charge in [-0.15, -0.1) is 0 Å². The van der Waals surface area contributed by atoms with E-state index in [4.69, 9.17) is 16.3 Å². The molecule has 2 aromatic carbocycles. The summed E-state index contributed by atoms with van der Waals surface area (Å²) in [6, 6.07) is 15.7. The lowest BCUT2D eigenvalue weighted by molar-refractivity contribution is 0.305. The zero-order valence-corrected chi connectivity index (χ0v) is 11.1. The van der Waals surface area contributed by atoms with Crippen LogP contribution in [0.5, 0.6) is 5.75 Å². The number of benzene rings is 2. The minimum atomic E-state index is 0.554. The summed E-state index contributed by atoms with van der Waals surface area (Å²) in [5.41, 5.74) is 2.44. The lowest BCUT2D eigenvalue weighted by atomic mass is 10.1.